The zero-order valence-electron chi connectivity index (χ0n) is 12.6. The summed E-state index contributed by atoms with van der Waals surface area (Å²) in [6.45, 7) is -0.739. The van der Waals surface area contributed by atoms with Crippen LogP contribution in [0.1, 0.15) is 10.4 Å². The van der Waals surface area contributed by atoms with E-state index in [1.165, 1.54) is 0 Å². The predicted octanol–water partition coefficient (Wildman–Crippen LogP) is 2.36. The van der Waals surface area contributed by atoms with Gasteiger partial charge in [-0.05, 0) is 40.2 Å². The highest BCUT2D eigenvalue weighted by Crippen LogP contribution is 2.15. The van der Waals surface area contributed by atoms with Crippen LogP contribution in [0.3, 0.4) is 0 Å². The minimum absolute atomic E-state index is 0.321. The summed E-state index contributed by atoms with van der Waals surface area (Å²) < 4.78 is 5.44. The van der Waals surface area contributed by atoms with E-state index in [1.807, 2.05) is 6.07 Å². The van der Waals surface area contributed by atoms with Crippen LogP contribution in [-0.2, 0) is 14.3 Å². The number of benzene rings is 2. The molecule has 0 saturated carbocycles. The Bertz CT molecular complexity index is 734. The van der Waals surface area contributed by atoms with Crippen LogP contribution in [0.4, 0.5) is 5.69 Å². The van der Waals surface area contributed by atoms with Crippen LogP contribution in [0.2, 0.25) is 0 Å². The first kappa shape index (κ1) is 17.7. The Morgan fingerprint density at radius 3 is 2.33 bits per heavy atom. The van der Waals surface area contributed by atoms with Crippen LogP contribution >= 0.6 is 15.9 Å². The molecular formula is C17H15BrN2O4. The molecule has 2 N–H and O–H groups in total. The number of carbonyl (C=O) groups is 3. The number of esters is 1. The fraction of sp³-hybridized carbons (Fsp3) is 0.118. The molecule has 2 aromatic rings. The molecule has 0 heterocycles. The van der Waals surface area contributed by atoms with Crippen molar-refractivity contribution in [1.29, 1.82) is 0 Å². The van der Waals surface area contributed by atoms with E-state index >= 15 is 0 Å². The third kappa shape index (κ3) is 5.51. The number of ether oxygens (including phenoxy) is 1. The van der Waals surface area contributed by atoms with E-state index in [0.717, 1.165) is 0 Å². The molecule has 2 amide bonds. The summed E-state index contributed by atoms with van der Waals surface area (Å²) in [5.74, 6) is -1.56. The van der Waals surface area contributed by atoms with Crippen molar-refractivity contribution in [2.24, 2.45) is 0 Å². The first-order valence-electron chi connectivity index (χ1n) is 7.09. The van der Waals surface area contributed by atoms with Crippen LogP contribution in [0.15, 0.2) is 59.1 Å². The van der Waals surface area contributed by atoms with Crippen molar-refractivity contribution in [3.05, 3.63) is 64.6 Å². The zero-order valence-corrected chi connectivity index (χ0v) is 14.2. The van der Waals surface area contributed by atoms with Crippen molar-refractivity contribution >= 4 is 39.4 Å². The minimum Gasteiger partial charge on any atom is -0.454 e. The van der Waals surface area contributed by atoms with Crippen molar-refractivity contribution in [2.45, 2.75) is 0 Å². The minimum atomic E-state index is -0.696. The van der Waals surface area contributed by atoms with Gasteiger partial charge in [0.1, 0.15) is 6.54 Å². The number of rotatable bonds is 6. The summed E-state index contributed by atoms with van der Waals surface area (Å²) in [6, 6.07) is 15.7. The second-order valence-corrected chi connectivity index (χ2v) is 5.59. The maximum Gasteiger partial charge on any atom is 0.325 e. The van der Waals surface area contributed by atoms with Gasteiger partial charge in [-0.1, -0.05) is 30.3 Å². The zero-order chi connectivity index (χ0) is 17.4. The van der Waals surface area contributed by atoms with Gasteiger partial charge in [-0.2, -0.15) is 0 Å². The molecule has 2 rings (SSSR count). The Kier molecular flexibility index (Phi) is 6.51. The molecule has 0 bridgehead atoms. The highest BCUT2D eigenvalue weighted by atomic mass is 79.9. The monoisotopic (exact) mass is 390 g/mol. The van der Waals surface area contributed by atoms with Crippen molar-refractivity contribution < 1.29 is 19.1 Å². The van der Waals surface area contributed by atoms with E-state index in [9.17, 15) is 14.4 Å². The molecule has 0 saturated heterocycles. The molecule has 0 aliphatic heterocycles. The molecule has 0 atom stereocenters. The lowest BCUT2D eigenvalue weighted by Gasteiger charge is -2.08. The number of para-hydroxylation sites is 1. The van der Waals surface area contributed by atoms with E-state index in [4.69, 9.17) is 4.74 Å². The number of hydrogen-bond donors (Lipinski definition) is 2. The highest BCUT2D eigenvalue weighted by Gasteiger charge is 2.12. The van der Waals surface area contributed by atoms with E-state index < -0.39 is 24.4 Å². The molecular weight excluding hydrogens is 376 g/mol. The van der Waals surface area contributed by atoms with Gasteiger partial charge in [0.25, 0.3) is 11.8 Å². The molecule has 124 valence electrons. The van der Waals surface area contributed by atoms with Gasteiger partial charge in [0.15, 0.2) is 6.61 Å². The van der Waals surface area contributed by atoms with Crippen LogP contribution in [0.25, 0.3) is 0 Å². The fourth-order valence-corrected chi connectivity index (χ4v) is 2.27. The first-order valence-corrected chi connectivity index (χ1v) is 7.89. The summed E-state index contributed by atoms with van der Waals surface area (Å²) in [6.07, 6.45) is 0. The second kappa shape index (κ2) is 8.83. The maximum atomic E-state index is 11.9. The fourth-order valence-electron chi connectivity index (χ4n) is 1.81. The van der Waals surface area contributed by atoms with Crippen molar-refractivity contribution in [1.82, 2.24) is 5.32 Å². The number of carbonyl (C=O) groups excluding carboxylic acids is 3. The summed E-state index contributed by atoms with van der Waals surface area (Å²) in [4.78, 5) is 35.2. The van der Waals surface area contributed by atoms with E-state index in [-0.39, 0.29) is 6.54 Å². The molecule has 0 aromatic heterocycles. The third-order valence-corrected chi connectivity index (χ3v) is 3.63. The predicted molar refractivity (Wildman–Crippen MR) is 92.5 cm³/mol. The molecule has 0 fully saturated rings. The molecule has 0 radical (unpaired) electrons. The highest BCUT2D eigenvalue weighted by molar-refractivity contribution is 9.10. The molecule has 2 aromatic carbocycles. The SMILES string of the molecule is O=C(COC(=O)CNC(=O)c1ccccc1Br)Nc1ccccc1. The van der Waals surface area contributed by atoms with Gasteiger partial charge in [-0.15, -0.1) is 0 Å². The molecule has 0 aliphatic rings. The summed E-state index contributed by atoms with van der Waals surface area (Å²) in [7, 11) is 0. The standard InChI is InChI=1S/C17H15BrN2O4/c18-14-9-5-4-8-13(14)17(23)19-10-16(22)24-11-15(21)20-12-6-2-1-3-7-12/h1-9H,10-11H2,(H,19,23)(H,20,21). The van der Waals surface area contributed by atoms with Crippen molar-refractivity contribution in [2.75, 3.05) is 18.5 Å². The van der Waals surface area contributed by atoms with Gasteiger partial charge < -0.3 is 15.4 Å². The lowest BCUT2D eigenvalue weighted by molar-refractivity contribution is -0.146. The Labute approximate surface area is 147 Å². The van der Waals surface area contributed by atoms with Crippen LogP contribution in [0.5, 0.6) is 0 Å². The van der Waals surface area contributed by atoms with Gasteiger partial charge >= 0.3 is 5.97 Å². The third-order valence-electron chi connectivity index (χ3n) is 2.93. The number of amides is 2. The largest absolute Gasteiger partial charge is 0.454 e. The summed E-state index contributed by atoms with van der Waals surface area (Å²) in [5.41, 5.74) is 1.02. The maximum absolute atomic E-state index is 11.9. The molecule has 0 aliphatic carbocycles. The lowest BCUT2D eigenvalue weighted by Crippen LogP contribution is -2.32. The van der Waals surface area contributed by atoms with Crippen LogP contribution in [-0.4, -0.2) is 30.9 Å². The topological polar surface area (TPSA) is 84.5 Å². The second-order valence-electron chi connectivity index (χ2n) is 4.74. The van der Waals surface area contributed by atoms with E-state index in [1.54, 1.807) is 48.5 Å². The van der Waals surface area contributed by atoms with Gasteiger partial charge in [-0.25, -0.2) is 0 Å². The smallest absolute Gasteiger partial charge is 0.325 e. The van der Waals surface area contributed by atoms with E-state index in [0.29, 0.717) is 15.7 Å². The summed E-state index contributed by atoms with van der Waals surface area (Å²) in [5, 5.41) is 5.02. The Hall–Kier alpha value is -2.67. The first-order chi connectivity index (χ1) is 11.6. The lowest BCUT2D eigenvalue weighted by atomic mass is 10.2. The average molecular weight is 391 g/mol. The molecule has 0 unspecified atom stereocenters. The normalized spacial score (nSPS) is 9.88. The van der Waals surface area contributed by atoms with Crippen LogP contribution < -0.4 is 10.6 Å². The van der Waals surface area contributed by atoms with Crippen molar-refractivity contribution in [3.8, 4) is 0 Å². The van der Waals surface area contributed by atoms with Gasteiger partial charge in [0, 0.05) is 10.2 Å². The summed E-state index contributed by atoms with van der Waals surface area (Å²) >= 11 is 3.26. The number of anilines is 1. The van der Waals surface area contributed by atoms with Crippen LogP contribution in [0, 0.1) is 0 Å². The molecule has 7 heteroatoms. The average Bonchev–Trinajstić information content (AvgIpc) is 2.59. The molecule has 0 spiro atoms. The van der Waals surface area contributed by atoms with Gasteiger partial charge in [0.05, 0.1) is 5.56 Å². The van der Waals surface area contributed by atoms with Gasteiger partial charge in [-0.3, -0.25) is 14.4 Å². The Morgan fingerprint density at radius 1 is 0.958 bits per heavy atom. The van der Waals surface area contributed by atoms with Gasteiger partial charge in [0.2, 0.25) is 0 Å². The Balaban J connectivity index is 1.72. The molecule has 6 nitrogen and oxygen atoms in total. The number of halogens is 1. The quantitative estimate of drug-likeness (QED) is 0.741. The number of nitrogens with one attached hydrogen (secondary N) is 2. The number of hydrogen-bond acceptors (Lipinski definition) is 4. The van der Waals surface area contributed by atoms with Crippen molar-refractivity contribution in [3.63, 3.8) is 0 Å². The Morgan fingerprint density at radius 2 is 1.62 bits per heavy atom. The molecule has 24 heavy (non-hydrogen) atoms. The van der Waals surface area contributed by atoms with E-state index in [2.05, 4.69) is 26.6 Å².